The van der Waals surface area contributed by atoms with Gasteiger partial charge >= 0.3 is 29.6 Å². The fourth-order valence-electron chi connectivity index (χ4n) is 1.96. The maximum absolute atomic E-state index is 11.0. The van der Waals surface area contributed by atoms with E-state index in [-0.39, 0.29) is 51.0 Å². The number of rotatable bonds is 2. The van der Waals surface area contributed by atoms with Crippen molar-refractivity contribution in [1.82, 2.24) is 0 Å². The average molecular weight is 356 g/mol. The third-order valence-electron chi connectivity index (χ3n) is 3.03. The molecule has 0 bridgehead atoms. The fourth-order valence-corrected chi connectivity index (χ4v) is 3.91. The van der Waals surface area contributed by atoms with E-state index in [2.05, 4.69) is 0 Å². The SMILES string of the molecule is CC(C)(C)c1cc(C(C)(C)C)c(SS(=O)(=O)[O-])c(O)c1O.[Na+]. The van der Waals surface area contributed by atoms with Crippen LogP contribution in [0.15, 0.2) is 11.0 Å². The molecule has 0 aromatic heterocycles. The van der Waals surface area contributed by atoms with Gasteiger partial charge in [-0.25, -0.2) is 8.42 Å². The molecule has 0 amide bonds. The van der Waals surface area contributed by atoms with Crippen LogP contribution in [0.1, 0.15) is 52.7 Å². The Bertz CT molecular complexity index is 655. The number of phenolic OH excluding ortho intramolecular Hbond substituents is 2. The molecule has 0 saturated carbocycles. The smallest absolute Gasteiger partial charge is 0.739 e. The van der Waals surface area contributed by atoms with Crippen LogP contribution in [0.25, 0.3) is 0 Å². The van der Waals surface area contributed by atoms with Gasteiger partial charge in [-0.1, -0.05) is 41.5 Å². The zero-order valence-corrected chi connectivity index (χ0v) is 17.6. The molecule has 1 aromatic rings. The summed E-state index contributed by atoms with van der Waals surface area (Å²) in [6.07, 6.45) is 0. The number of benzene rings is 1. The summed E-state index contributed by atoms with van der Waals surface area (Å²) in [6, 6.07) is 1.66. The summed E-state index contributed by atoms with van der Waals surface area (Å²) in [6.45, 7) is 11.1. The summed E-state index contributed by atoms with van der Waals surface area (Å²) < 4.78 is 33.1. The minimum absolute atomic E-state index is 0. The molecule has 0 unspecified atom stereocenters. The van der Waals surface area contributed by atoms with E-state index in [1.165, 1.54) is 0 Å². The molecular formula is C14H21NaO5S2. The Labute approximate surface area is 158 Å². The van der Waals surface area contributed by atoms with Crippen LogP contribution >= 0.6 is 10.8 Å². The van der Waals surface area contributed by atoms with Crippen molar-refractivity contribution in [3.8, 4) is 11.5 Å². The minimum Gasteiger partial charge on any atom is -0.739 e. The van der Waals surface area contributed by atoms with Crippen LogP contribution in [0.5, 0.6) is 11.5 Å². The van der Waals surface area contributed by atoms with Crippen molar-refractivity contribution < 1.29 is 52.7 Å². The molecular weight excluding hydrogens is 335 g/mol. The maximum atomic E-state index is 11.0. The normalized spacial score (nSPS) is 12.9. The zero-order valence-electron chi connectivity index (χ0n) is 14.0. The van der Waals surface area contributed by atoms with Gasteiger partial charge < -0.3 is 14.8 Å². The Morgan fingerprint density at radius 3 is 1.68 bits per heavy atom. The number of aromatic hydroxyl groups is 2. The largest absolute Gasteiger partial charge is 1.00 e. The van der Waals surface area contributed by atoms with Crippen LogP contribution in [-0.4, -0.2) is 23.2 Å². The van der Waals surface area contributed by atoms with Gasteiger partial charge in [0, 0.05) is 5.56 Å². The van der Waals surface area contributed by atoms with E-state index >= 15 is 0 Å². The van der Waals surface area contributed by atoms with Crippen LogP contribution in [0.3, 0.4) is 0 Å². The molecule has 1 rings (SSSR count). The van der Waals surface area contributed by atoms with Crippen LogP contribution in [0, 0.1) is 0 Å². The molecule has 0 heterocycles. The van der Waals surface area contributed by atoms with E-state index in [4.69, 9.17) is 0 Å². The third kappa shape index (κ3) is 5.32. The number of phenols is 2. The first-order valence-corrected chi connectivity index (χ1v) is 9.14. The quantitative estimate of drug-likeness (QED) is 0.341. The van der Waals surface area contributed by atoms with Gasteiger partial charge in [-0.2, -0.15) is 0 Å². The third-order valence-corrected chi connectivity index (χ3v) is 4.93. The van der Waals surface area contributed by atoms with Gasteiger partial charge in [-0.05, 0) is 33.3 Å². The predicted molar refractivity (Wildman–Crippen MR) is 82.7 cm³/mol. The van der Waals surface area contributed by atoms with Crippen LogP contribution in [0.2, 0.25) is 0 Å². The van der Waals surface area contributed by atoms with Crippen molar-refractivity contribution >= 4 is 19.9 Å². The van der Waals surface area contributed by atoms with Gasteiger partial charge in [-0.15, -0.1) is 0 Å². The first-order chi connectivity index (χ1) is 9.14. The monoisotopic (exact) mass is 356 g/mol. The molecule has 0 spiro atoms. The van der Waals surface area contributed by atoms with E-state index in [0.717, 1.165) is 0 Å². The molecule has 5 nitrogen and oxygen atoms in total. The first kappa shape index (κ1) is 22.1. The van der Waals surface area contributed by atoms with Gasteiger partial charge in [0.05, 0.1) is 4.90 Å². The standard InChI is InChI=1S/C14H22O5S2.Na/c1-13(2,3)8-7-9(14(4,5)6)12(11(16)10(8)15)20-21(17,18)19;/h7,15-16H,1-6H3,(H,17,18,19);/q;+1/p-1. The average Bonchev–Trinajstić information content (AvgIpc) is 2.19. The van der Waals surface area contributed by atoms with Crippen molar-refractivity contribution in [2.75, 3.05) is 0 Å². The molecule has 0 atom stereocenters. The Morgan fingerprint density at radius 1 is 0.955 bits per heavy atom. The van der Waals surface area contributed by atoms with Gasteiger partial charge in [0.15, 0.2) is 20.6 Å². The van der Waals surface area contributed by atoms with Crippen molar-refractivity contribution in [3.63, 3.8) is 0 Å². The summed E-state index contributed by atoms with van der Waals surface area (Å²) in [5.41, 5.74) is 0.0592. The van der Waals surface area contributed by atoms with Crippen molar-refractivity contribution in [2.24, 2.45) is 0 Å². The number of hydrogen-bond donors (Lipinski definition) is 2. The second kappa shape index (κ2) is 6.91. The molecule has 22 heavy (non-hydrogen) atoms. The van der Waals surface area contributed by atoms with Gasteiger partial charge in [-0.3, -0.25) is 0 Å². The first-order valence-electron chi connectivity index (χ1n) is 6.40. The minimum atomic E-state index is -4.65. The Hall–Kier alpha value is 0.0800. The summed E-state index contributed by atoms with van der Waals surface area (Å²) >= 11 is 0. The van der Waals surface area contributed by atoms with Crippen LogP contribution in [0.4, 0.5) is 0 Å². The van der Waals surface area contributed by atoms with E-state index in [1.54, 1.807) is 6.07 Å². The van der Waals surface area contributed by atoms with Crippen LogP contribution < -0.4 is 29.6 Å². The van der Waals surface area contributed by atoms with Crippen molar-refractivity contribution in [3.05, 3.63) is 17.2 Å². The van der Waals surface area contributed by atoms with Gasteiger partial charge in [0.25, 0.3) is 0 Å². The van der Waals surface area contributed by atoms with E-state index in [0.29, 0.717) is 11.1 Å². The molecule has 120 valence electrons. The second-order valence-corrected chi connectivity index (χ2v) is 10.1. The van der Waals surface area contributed by atoms with Crippen LogP contribution in [-0.2, 0) is 20.0 Å². The zero-order chi connectivity index (χ0) is 16.8. The maximum Gasteiger partial charge on any atom is 1.00 e. The van der Waals surface area contributed by atoms with E-state index in [1.807, 2.05) is 41.5 Å². The Kier molecular flexibility index (Phi) is 6.93. The van der Waals surface area contributed by atoms with E-state index < -0.39 is 25.7 Å². The molecule has 0 aliphatic carbocycles. The Balaban J connectivity index is 0.00000441. The predicted octanol–water partition coefficient (Wildman–Crippen LogP) is 0.249. The summed E-state index contributed by atoms with van der Waals surface area (Å²) in [7, 11) is -4.63. The molecule has 0 saturated heterocycles. The fraction of sp³-hybridized carbons (Fsp3) is 0.571. The summed E-state index contributed by atoms with van der Waals surface area (Å²) in [5, 5.41) is 20.3. The topological polar surface area (TPSA) is 97.7 Å². The Morgan fingerprint density at radius 2 is 1.36 bits per heavy atom. The molecule has 0 radical (unpaired) electrons. The molecule has 0 fully saturated rings. The molecule has 8 heteroatoms. The molecule has 0 aliphatic heterocycles. The molecule has 2 N–H and O–H groups in total. The summed E-state index contributed by atoms with van der Waals surface area (Å²) in [4.78, 5) is -0.108. The second-order valence-electron chi connectivity index (χ2n) is 6.99. The van der Waals surface area contributed by atoms with Gasteiger partial charge in [0.1, 0.15) is 0 Å². The molecule has 1 aromatic carbocycles. The summed E-state index contributed by atoms with van der Waals surface area (Å²) in [5.74, 6) is -0.946. The van der Waals surface area contributed by atoms with Gasteiger partial charge in [0.2, 0.25) is 0 Å². The van der Waals surface area contributed by atoms with Crippen molar-refractivity contribution in [2.45, 2.75) is 57.3 Å². The number of hydrogen-bond acceptors (Lipinski definition) is 6. The van der Waals surface area contributed by atoms with Crippen molar-refractivity contribution in [1.29, 1.82) is 0 Å². The van der Waals surface area contributed by atoms with E-state index in [9.17, 15) is 23.2 Å². The molecule has 0 aliphatic rings.